The van der Waals surface area contributed by atoms with Crippen molar-refractivity contribution in [1.29, 1.82) is 5.26 Å². The molecule has 1 amide bonds. The second-order valence-corrected chi connectivity index (χ2v) is 6.18. The average molecular weight is 375 g/mol. The smallest absolute Gasteiger partial charge is 0.338 e. The van der Waals surface area contributed by atoms with E-state index in [2.05, 4.69) is 32.9 Å². The predicted molar refractivity (Wildman–Crippen MR) is 104 cm³/mol. The van der Waals surface area contributed by atoms with Crippen LogP contribution in [0.3, 0.4) is 0 Å². The van der Waals surface area contributed by atoms with Gasteiger partial charge in [0.05, 0.1) is 28.3 Å². The van der Waals surface area contributed by atoms with Crippen molar-refractivity contribution in [2.24, 2.45) is 0 Å². The summed E-state index contributed by atoms with van der Waals surface area (Å²) in [4.78, 5) is 35.3. The van der Waals surface area contributed by atoms with Crippen LogP contribution in [0.4, 0.5) is 5.69 Å². The summed E-state index contributed by atoms with van der Waals surface area (Å²) in [6, 6.07) is 6.83. The van der Waals surface area contributed by atoms with E-state index in [-0.39, 0.29) is 11.5 Å². The fourth-order valence-corrected chi connectivity index (χ4v) is 2.75. The lowest BCUT2D eigenvalue weighted by molar-refractivity contribution is -0.112. The molecule has 2 heterocycles. The van der Waals surface area contributed by atoms with E-state index in [1.54, 1.807) is 25.1 Å². The molecular weight excluding hydrogens is 358 g/mol. The number of carboxylic acid groups (broad SMARTS) is 1. The van der Waals surface area contributed by atoms with Gasteiger partial charge >= 0.3 is 5.97 Å². The van der Waals surface area contributed by atoms with E-state index in [0.717, 1.165) is 0 Å². The molecule has 1 aromatic carbocycles. The number of carbonyl (C=O) groups is 2. The van der Waals surface area contributed by atoms with Crippen molar-refractivity contribution in [3.8, 4) is 17.3 Å². The largest absolute Gasteiger partial charge is 0.478 e. The minimum atomic E-state index is -1.13. The van der Waals surface area contributed by atoms with Crippen molar-refractivity contribution in [1.82, 2.24) is 15.0 Å². The third kappa shape index (κ3) is 3.33. The number of aromatic carboxylic acids is 1. The highest BCUT2D eigenvalue weighted by atomic mass is 16.4. The lowest BCUT2D eigenvalue weighted by Crippen LogP contribution is -2.12. The summed E-state index contributed by atoms with van der Waals surface area (Å²) >= 11 is 0. The zero-order valence-corrected chi connectivity index (χ0v) is 15.3. The number of benzene rings is 1. The quantitative estimate of drug-likeness (QED) is 0.586. The van der Waals surface area contributed by atoms with Gasteiger partial charge in [-0.25, -0.2) is 14.8 Å². The van der Waals surface area contributed by atoms with E-state index < -0.39 is 5.97 Å². The molecule has 8 heteroatoms. The van der Waals surface area contributed by atoms with Gasteiger partial charge in [0, 0.05) is 29.4 Å². The van der Waals surface area contributed by atoms with Crippen LogP contribution >= 0.6 is 0 Å². The molecule has 140 valence electrons. The van der Waals surface area contributed by atoms with Gasteiger partial charge in [-0.1, -0.05) is 13.5 Å². The first-order chi connectivity index (χ1) is 13.3. The lowest BCUT2D eigenvalue weighted by atomic mass is 10.00. The third-order valence-corrected chi connectivity index (χ3v) is 4.17. The molecule has 0 aliphatic rings. The number of anilines is 1. The Balaban J connectivity index is 2.30. The van der Waals surface area contributed by atoms with Crippen molar-refractivity contribution >= 4 is 28.6 Å². The maximum atomic E-state index is 11.9. The maximum Gasteiger partial charge on any atom is 0.338 e. The predicted octanol–water partition coefficient (Wildman–Crippen LogP) is 3.27. The van der Waals surface area contributed by atoms with Gasteiger partial charge in [0.25, 0.3) is 5.91 Å². The molecule has 28 heavy (non-hydrogen) atoms. The number of nitriles is 1. The van der Waals surface area contributed by atoms with Crippen LogP contribution in [0.2, 0.25) is 0 Å². The van der Waals surface area contributed by atoms with E-state index >= 15 is 0 Å². The Morgan fingerprint density at radius 2 is 2.11 bits per heavy atom. The maximum absolute atomic E-state index is 11.9. The van der Waals surface area contributed by atoms with Gasteiger partial charge in [-0.2, -0.15) is 5.26 Å². The Morgan fingerprint density at radius 1 is 1.36 bits per heavy atom. The van der Waals surface area contributed by atoms with Crippen molar-refractivity contribution < 1.29 is 14.7 Å². The number of amides is 1. The number of aromatic nitrogens is 3. The number of nitrogens with one attached hydrogen (secondary N) is 2. The lowest BCUT2D eigenvalue weighted by Gasteiger charge is -2.11. The first kappa shape index (κ1) is 18.8. The van der Waals surface area contributed by atoms with Crippen LogP contribution < -0.4 is 5.32 Å². The molecular formula is C20H17N5O3. The molecule has 8 nitrogen and oxygen atoms in total. The summed E-state index contributed by atoms with van der Waals surface area (Å²) in [6.07, 6.45) is 1.88. The first-order valence-electron chi connectivity index (χ1n) is 8.48. The molecule has 0 saturated carbocycles. The number of hydrogen-bond acceptors (Lipinski definition) is 5. The summed E-state index contributed by atoms with van der Waals surface area (Å²) < 4.78 is 0. The molecule has 0 aliphatic carbocycles. The standard InChI is InChI=1S/C20H17N5O3/c1-4-15-24-17(16-14(20(27)28)9-22-18(16)25-15)13-7-12(6-5-11(13)8-21)23-19(26)10(2)3/h5-7,9H,2,4H2,1,3H3,(H,23,26)(H,27,28)(H,22,24,25). The Bertz CT molecular complexity index is 1170. The Morgan fingerprint density at radius 3 is 2.71 bits per heavy atom. The number of rotatable bonds is 5. The van der Waals surface area contributed by atoms with Crippen molar-refractivity contribution in [3.05, 3.63) is 53.5 Å². The molecule has 3 N–H and O–H groups in total. The number of carboxylic acids is 1. The number of hydrogen-bond donors (Lipinski definition) is 3. The van der Waals surface area contributed by atoms with Crippen LogP contribution in [0.1, 0.15) is 35.6 Å². The zero-order valence-electron chi connectivity index (χ0n) is 15.3. The molecule has 2 aromatic heterocycles. The first-order valence-corrected chi connectivity index (χ1v) is 8.48. The van der Waals surface area contributed by atoms with E-state index in [1.807, 2.05) is 6.92 Å². The van der Waals surface area contributed by atoms with Crippen molar-refractivity contribution in [2.75, 3.05) is 5.32 Å². The monoisotopic (exact) mass is 375 g/mol. The topological polar surface area (TPSA) is 132 Å². The van der Waals surface area contributed by atoms with Crippen LogP contribution in [0.25, 0.3) is 22.3 Å². The molecule has 0 unspecified atom stereocenters. The van der Waals surface area contributed by atoms with E-state index in [0.29, 0.717) is 51.4 Å². The number of fused-ring (bicyclic) bond motifs is 1. The normalized spacial score (nSPS) is 10.5. The van der Waals surface area contributed by atoms with E-state index in [4.69, 9.17) is 0 Å². The summed E-state index contributed by atoms with van der Waals surface area (Å²) in [5.41, 5.74) is 2.19. The summed E-state index contributed by atoms with van der Waals surface area (Å²) in [6.45, 7) is 7.06. The summed E-state index contributed by atoms with van der Waals surface area (Å²) in [7, 11) is 0. The number of carbonyl (C=O) groups excluding carboxylic acids is 1. The summed E-state index contributed by atoms with van der Waals surface area (Å²) in [5.74, 6) is -0.988. The van der Waals surface area contributed by atoms with Gasteiger partial charge in [-0.05, 0) is 25.1 Å². The second-order valence-electron chi connectivity index (χ2n) is 6.18. The minimum Gasteiger partial charge on any atom is -0.478 e. The molecule has 0 fully saturated rings. The highest BCUT2D eigenvalue weighted by Crippen LogP contribution is 2.33. The zero-order chi connectivity index (χ0) is 20.4. The Labute approximate surface area is 160 Å². The number of aryl methyl sites for hydroxylation is 1. The molecule has 0 atom stereocenters. The van der Waals surface area contributed by atoms with Gasteiger partial charge in [0.2, 0.25) is 0 Å². The van der Waals surface area contributed by atoms with E-state index in [9.17, 15) is 20.0 Å². The van der Waals surface area contributed by atoms with Crippen molar-refractivity contribution in [3.63, 3.8) is 0 Å². The molecule has 0 spiro atoms. The highest BCUT2D eigenvalue weighted by Gasteiger charge is 2.21. The molecule has 3 aromatic rings. The molecule has 0 radical (unpaired) electrons. The van der Waals surface area contributed by atoms with Gasteiger partial charge in [0.1, 0.15) is 11.5 Å². The second kappa shape index (κ2) is 7.32. The van der Waals surface area contributed by atoms with Crippen LogP contribution in [0, 0.1) is 11.3 Å². The molecule has 0 aliphatic heterocycles. The SMILES string of the molecule is C=C(C)C(=O)Nc1ccc(C#N)c(-c2nc(CC)nc3[nH]cc(C(=O)O)c23)c1. The van der Waals surface area contributed by atoms with Gasteiger partial charge in [0.15, 0.2) is 0 Å². The fraction of sp³-hybridized carbons (Fsp3) is 0.150. The van der Waals surface area contributed by atoms with Gasteiger partial charge in [-0.3, -0.25) is 4.79 Å². The third-order valence-electron chi connectivity index (χ3n) is 4.17. The van der Waals surface area contributed by atoms with Crippen LogP contribution in [0.15, 0.2) is 36.5 Å². The van der Waals surface area contributed by atoms with Crippen molar-refractivity contribution in [2.45, 2.75) is 20.3 Å². The number of aromatic amines is 1. The van der Waals surface area contributed by atoms with E-state index in [1.165, 1.54) is 6.20 Å². The van der Waals surface area contributed by atoms with Gasteiger partial charge in [-0.15, -0.1) is 0 Å². The van der Waals surface area contributed by atoms with Gasteiger partial charge < -0.3 is 15.4 Å². The minimum absolute atomic E-state index is 0.00733. The number of H-pyrrole nitrogens is 1. The van der Waals surface area contributed by atoms with Crippen LogP contribution in [0.5, 0.6) is 0 Å². The Kier molecular flexibility index (Phi) is 4.92. The number of nitrogens with zero attached hydrogens (tertiary/aromatic N) is 3. The van der Waals surface area contributed by atoms with Crippen LogP contribution in [-0.2, 0) is 11.2 Å². The highest BCUT2D eigenvalue weighted by molar-refractivity contribution is 6.08. The summed E-state index contributed by atoms with van der Waals surface area (Å²) in [5, 5.41) is 22.1. The molecule has 3 rings (SSSR count). The molecule has 0 saturated heterocycles. The average Bonchev–Trinajstić information content (AvgIpc) is 3.11. The van der Waals surface area contributed by atoms with Crippen LogP contribution in [-0.4, -0.2) is 31.9 Å². The molecule has 0 bridgehead atoms. The Hall–Kier alpha value is -3.99. The fourth-order valence-electron chi connectivity index (χ4n) is 2.75.